The van der Waals surface area contributed by atoms with Gasteiger partial charge in [0.1, 0.15) is 11.4 Å². The number of piperidine rings is 1. The molecule has 6 heteroatoms. The number of halogens is 1. The molecule has 0 N–H and O–H groups in total. The Balaban J connectivity index is 1.34. The standard InChI is InChI=1S/C28H24ClNO4/c1-18-15-25-22(16-23(18)29)24(31)17-28(34-25)11-13-30(14-12-28)27(33)21-10-6-5-9-20(21)26(32)19-7-3-2-4-8-19/h2-10,15-16H,11-14,17H2,1H3. The molecular weight excluding hydrogens is 450 g/mol. The average Bonchev–Trinajstić information content (AvgIpc) is 2.85. The second kappa shape index (κ2) is 8.73. The maximum atomic E-state index is 13.4. The summed E-state index contributed by atoms with van der Waals surface area (Å²) >= 11 is 6.20. The lowest BCUT2D eigenvalue weighted by molar-refractivity contribution is -0.00577. The van der Waals surface area contributed by atoms with Crippen LogP contribution in [0, 0.1) is 6.92 Å². The summed E-state index contributed by atoms with van der Waals surface area (Å²) in [5, 5.41) is 0.552. The molecule has 0 aromatic heterocycles. The Morgan fingerprint density at radius 1 is 0.941 bits per heavy atom. The third-order valence-electron chi connectivity index (χ3n) is 6.77. The number of hydrogen-bond acceptors (Lipinski definition) is 4. The van der Waals surface area contributed by atoms with Crippen LogP contribution >= 0.6 is 11.6 Å². The number of Topliss-reactive ketones (excluding diaryl/α,β-unsaturated/α-hetero) is 1. The highest BCUT2D eigenvalue weighted by Gasteiger charge is 2.44. The molecule has 0 unspecified atom stereocenters. The number of nitrogens with zero attached hydrogens (tertiary/aromatic N) is 1. The zero-order chi connectivity index (χ0) is 23.9. The first-order chi connectivity index (χ1) is 16.4. The van der Waals surface area contributed by atoms with Gasteiger partial charge in [0.15, 0.2) is 11.6 Å². The van der Waals surface area contributed by atoms with E-state index in [1.165, 1.54) is 0 Å². The normalized spacial score (nSPS) is 16.6. The van der Waals surface area contributed by atoms with Crippen molar-refractivity contribution in [2.24, 2.45) is 0 Å². The Labute approximate surface area is 203 Å². The van der Waals surface area contributed by atoms with E-state index in [9.17, 15) is 14.4 Å². The molecule has 34 heavy (non-hydrogen) atoms. The lowest BCUT2D eigenvalue weighted by Gasteiger charge is -2.44. The summed E-state index contributed by atoms with van der Waals surface area (Å²) in [5.74, 6) is 0.225. The molecule has 172 valence electrons. The van der Waals surface area contributed by atoms with E-state index in [1.807, 2.05) is 19.1 Å². The minimum Gasteiger partial charge on any atom is -0.486 e. The van der Waals surface area contributed by atoms with Gasteiger partial charge in [-0.2, -0.15) is 0 Å². The minimum atomic E-state index is -0.624. The number of carbonyl (C=O) groups is 3. The van der Waals surface area contributed by atoms with Crippen LogP contribution in [-0.4, -0.2) is 41.1 Å². The summed E-state index contributed by atoms with van der Waals surface area (Å²) in [5.41, 5.74) is 2.09. The van der Waals surface area contributed by atoms with Crippen molar-refractivity contribution in [2.75, 3.05) is 13.1 Å². The predicted octanol–water partition coefficient (Wildman–Crippen LogP) is 5.52. The number of ketones is 2. The predicted molar refractivity (Wildman–Crippen MR) is 130 cm³/mol. The summed E-state index contributed by atoms with van der Waals surface area (Å²) < 4.78 is 6.35. The Morgan fingerprint density at radius 2 is 1.59 bits per heavy atom. The highest BCUT2D eigenvalue weighted by atomic mass is 35.5. The van der Waals surface area contributed by atoms with Gasteiger partial charge in [-0.25, -0.2) is 0 Å². The first kappa shape index (κ1) is 22.4. The van der Waals surface area contributed by atoms with E-state index in [0.29, 0.717) is 59.0 Å². The lowest BCUT2D eigenvalue weighted by atomic mass is 9.82. The molecule has 0 bridgehead atoms. The van der Waals surface area contributed by atoms with Gasteiger partial charge in [0.05, 0.1) is 17.5 Å². The van der Waals surface area contributed by atoms with Crippen molar-refractivity contribution in [1.29, 1.82) is 0 Å². The van der Waals surface area contributed by atoms with Crippen LogP contribution < -0.4 is 4.74 Å². The quantitative estimate of drug-likeness (QED) is 0.470. The van der Waals surface area contributed by atoms with E-state index >= 15 is 0 Å². The molecule has 2 aliphatic heterocycles. The molecule has 1 fully saturated rings. The van der Waals surface area contributed by atoms with Crippen molar-refractivity contribution in [3.63, 3.8) is 0 Å². The molecule has 2 aliphatic rings. The van der Waals surface area contributed by atoms with Crippen LogP contribution in [0.15, 0.2) is 66.7 Å². The topological polar surface area (TPSA) is 63.7 Å². The first-order valence-electron chi connectivity index (χ1n) is 11.4. The van der Waals surface area contributed by atoms with Gasteiger partial charge in [0.2, 0.25) is 0 Å². The molecule has 0 radical (unpaired) electrons. The Bertz CT molecular complexity index is 1290. The largest absolute Gasteiger partial charge is 0.486 e. The zero-order valence-electron chi connectivity index (χ0n) is 18.8. The number of carbonyl (C=O) groups excluding carboxylic acids is 3. The SMILES string of the molecule is Cc1cc2c(cc1Cl)C(=O)CC1(CCN(C(=O)c3ccccc3C(=O)c3ccccc3)CC1)O2. The van der Waals surface area contributed by atoms with Gasteiger partial charge >= 0.3 is 0 Å². The number of benzene rings is 3. The molecular formula is C28H24ClNO4. The molecule has 1 saturated heterocycles. The molecule has 0 saturated carbocycles. The summed E-state index contributed by atoms with van der Waals surface area (Å²) in [7, 11) is 0. The van der Waals surface area contributed by atoms with E-state index in [4.69, 9.17) is 16.3 Å². The van der Waals surface area contributed by atoms with Crippen molar-refractivity contribution in [2.45, 2.75) is 31.8 Å². The van der Waals surface area contributed by atoms with Gasteiger partial charge in [-0.05, 0) is 30.7 Å². The number of fused-ring (bicyclic) bond motifs is 1. The second-order valence-corrected chi connectivity index (χ2v) is 9.42. The van der Waals surface area contributed by atoms with E-state index < -0.39 is 5.60 Å². The second-order valence-electron chi connectivity index (χ2n) is 9.02. The lowest BCUT2D eigenvalue weighted by Crippen LogP contribution is -2.52. The summed E-state index contributed by atoms with van der Waals surface area (Å²) in [6.07, 6.45) is 1.35. The Hall–Kier alpha value is -3.44. The molecule has 3 aromatic carbocycles. The summed E-state index contributed by atoms with van der Waals surface area (Å²) in [4.78, 5) is 41.1. The number of hydrogen-bond donors (Lipinski definition) is 0. The van der Waals surface area contributed by atoms with Crippen molar-refractivity contribution >= 4 is 29.1 Å². The van der Waals surface area contributed by atoms with Gasteiger partial charge in [-0.3, -0.25) is 14.4 Å². The maximum Gasteiger partial charge on any atom is 0.254 e. The average molecular weight is 474 g/mol. The molecule has 5 rings (SSSR count). The fourth-order valence-electron chi connectivity index (χ4n) is 4.79. The van der Waals surface area contributed by atoms with Crippen molar-refractivity contribution < 1.29 is 19.1 Å². The fourth-order valence-corrected chi connectivity index (χ4v) is 4.96. The van der Waals surface area contributed by atoms with Gasteiger partial charge in [-0.1, -0.05) is 60.1 Å². The van der Waals surface area contributed by atoms with Gasteiger partial charge in [0, 0.05) is 42.1 Å². The van der Waals surface area contributed by atoms with Crippen LogP contribution in [0.25, 0.3) is 0 Å². The van der Waals surface area contributed by atoms with Gasteiger partial charge in [-0.15, -0.1) is 0 Å². The summed E-state index contributed by atoms with van der Waals surface area (Å²) in [6, 6.07) is 19.4. The third-order valence-corrected chi connectivity index (χ3v) is 7.18. The molecule has 1 spiro atoms. The van der Waals surface area contributed by atoms with Crippen molar-refractivity contribution in [3.8, 4) is 5.75 Å². The van der Waals surface area contributed by atoms with Crippen molar-refractivity contribution in [3.05, 3.63) is 99.6 Å². The smallest absolute Gasteiger partial charge is 0.254 e. The highest BCUT2D eigenvalue weighted by molar-refractivity contribution is 6.31. The van der Waals surface area contributed by atoms with Gasteiger partial charge in [0.25, 0.3) is 5.91 Å². The van der Waals surface area contributed by atoms with E-state index in [-0.39, 0.29) is 23.9 Å². The molecule has 5 nitrogen and oxygen atoms in total. The minimum absolute atomic E-state index is 0.0155. The molecule has 0 aliphatic carbocycles. The van der Waals surface area contributed by atoms with Crippen LogP contribution in [-0.2, 0) is 0 Å². The molecule has 0 atom stereocenters. The molecule has 3 aromatic rings. The van der Waals surface area contributed by atoms with Crippen LogP contribution in [0.5, 0.6) is 5.75 Å². The van der Waals surface area contributed by atoms with E-state index in [2.05, 4.69) is 0 Å². The molecule has 1 amide bonds. The highest BCUT2D eigenvalue weighted by Crippen LogP contribution is 2.41. The number of ether oxygens (including phenoxy) is 1. The Morgan fingerprint density at radius 3 is 2.29 bits per heavy atom. The van der Waals surface area contributed by atoms with Crippen LogP contribution in [0.1, 0.15) is 61.5 Å². The monoisotopic (exact) mass is 473 g/mol. The number of aryl methyl sites for hydroxylation is 1. The molecule has 2 heterocycles. The Kier molecular flexibility index (Phi) is 5.74. The number of likely N-dealkylation sites (tertiary alicyclic amines) is 1. The number of rotatable bonds is 3. The van der Waals surface area contributed by atoms with E-state index in [0.717, 1.165) is 5.56 Å². The summed E-state index contributed by atoms with van der Waals surface area (Å²) in [6.45, 7) is 2.77. The van der Waals surface area contributed by atoms with Crippen LogP contribution in [0.3, 0.4) is 0 Å². The van der Waals surface area contributed by atoms with Crippen molar-refractivity contribution in [1.82, 2.24) is 4.90 Å². The maximum absolute atomic E-state index is 13.4. The first-order valence-corrected chi connectivity index (χ1v) is 11.8. The van der Waals surface area contributed by atoms with Gasteiger partial charge < -0.3 is 9.64 Å². The van der Waals surface area contributed by atoms with E-state index in [1.54, 1.807) is 59.5 Å². The zero-order valence-corrected chi connectivity index (χ0v) is 19.6. The fraction of sp³-hybridized carbons (Fsp3) is 0.250. The third kappa shape index (κ3) is 4.01. The number of amides is 1. The van der Waals surface area contributed by atoms with Crippen LogP contribution in [0.4, 0.5) is 0 Å². The van der Waals surface area contributed by atoms with Crippen LogP contribution in [0.2, 0.25) is 5.02 Å².